The van der Waals surface area contributed by atoms with Crippen molar-refractivity contribution in [1.29, 1.82) is 0 Å². The van der Waals surface area contributed by atoms with Crippen LogP contribution >= 0.6 is 11.3 Å². The van der Waals surface area contributed by atoms with E-state index in [1.54, 1.807) is 29.4 Å². The van der Waals surface area contributed by atoms with Gasteiger partial charge in [0.15, 0.2) is 0 Å². The van der Waals surface area contributed by atoms with Crippen LogP contribution in [-0.2, 0) is 20.9 Å². The molecule has 178 valence electrons. The van der Waals surface area contributed by atoms with Gasteiger partial charge in [0.25, 0.3) is 0 Å². The maximum Gasteiger partial charge on any atom is 0.490 e. The van der Waals surface area contributed by atoms with Gasteiger partial charge in [-0.15, -0.1) is 0 Å². The van der Waals surface area contributed by atoms with Crippen LogP contribution in [0.3, 0.4) is 0 Å². The SMILES string of the molecule is CC(=O)N1CC(=O)N(c2ccsc2)CC12CCN(Cc1ccccn1)C2.O=C(O)C(F)(F)F. The van der Waals surface area contributed by atoms with E-state index in [9.17, 15) is 22.8 Å². The third-order valence-electron chi connectivity index (χ3n) is 5.58. The molecule has 2 aromatic heterocycles. The first-order valence-corrected chi connectivity index (χ1v) is 11.0. The van der Waals surface area contributed by atoms with Crippen molar-refractivity contribution in [2.45, 2.75) is 31.6 Å². The van der Waals surface area contributed by atoms with E-state index in [0.29, 0.717) is 6.54 Å². The fourth-order valence-electron chi connectivity index (χ4n) is 4.09. The van der Waals surface area contributed by atoms with E-state index in [1.807, 2.05) is 39.9 Å². The third kappa shape index (κ3) is 5.88. The van der Waals surface area contributed by atoms with Gasteiger partial charge in [-0.2, -0.15) is 24.5 Å². The minimum Gasteiger partial charge on any atom is -0.475 e. The molecule has 2 amide bonds. The van der Waals surface area contributed by atoms with Gasteiger partial charge in [0, 0.05) is 38.1 Å². The van der Waals surface area contributed by atoms with E-state index in [4.69, 9.17) is 9.90 Å². The molecule has 2 aliphatic rings. The fraction of sp³-hybridized carbons (Fsp3) is 0.429. The molecule has 12 heteroatoms. The lowest BCUT2D eigenvalue weighted by Gasteiger charge is -2.48. The highest BCUT2D eigenvalue weighted by Crippen LogP contribution is 2.35. The first-order valence-electron chi connectivity index (χ1n) is 10.0. The number of hydrogen-bond donors (Lipinski definition) is 1. The van der Waals surface area contributed by atoms with Crippen molar-refractivity contribution in [2.24, 2.45) is 0 Å². The third-order valence-corrected chi connectivity index (χ3v) is 6.25. The molecule has 2 fully saturated rings. The molecule has 2 aromatic rings. The molecule has 1 atom stereocenters. The summed E-state index contributed by atoms with van der Waals surface area (Å²) in [5.41, 5.74) is 1.64. The quantitative estimate of drug-likeness (QED) is 0.720. The number of amides is 2. The highest BCUT2D eigenvalue weighted by molar-refractivity contribution is 7.08. The number of aliphatic carboxylic acids is 1. The van der Waals surface area contributed by atoms with E-state index in [1.165, 1.54) is 0 Å². The smallest absolute Gasteiger partial charge is 0.475 e. The largest absolute Gasteiger partial charge is 0.490 e. The van der Waals surface area contributed by atoms with Gasteiger partial charge in [-0.3, -0.25) is 19.5 Å². The minimum absolute atomic E-state index is 0.00704. The molecule has 4 heterocycles. The van der Waals surface area contributed by atoms with Gasteiger partial charge in [-0.25, -0.2) is 4.79 Å². The first kappa shape index (κ1) is 24.6. The van der Waals surface area contributed by atoms with Gasteiger partial charge in [-0.1, -0.05) is 6.07 Å². The Morgan fingerprint density at radius 1 is 1.24 bits per heavy atom. The Kier molecular flexibility index (Phi) is 7.38. The zero-order valence-corrected chi connectivity index (χ0v) is 18.6. The van der Waals surface area contributed by atoms with Crippen LogP contribution in [0.5, 0.6) is 0 Å². The van der Waals surface area contributed by atoms with Gasteiger partial charge in [-0.05, 0) is 30.0 Å². The number of nitrogens with zero attached hydrogens (tertiary/aromatic N) is 4. The molecule has 2 saturated heterocycles. The number of halogens is 3. The molecule has 33 heavy (non-hydrogen) atoms. The number of anilines is 1. The van der Waals surface area contributed by atoms with Crippen molar-refractivity contribution in [1.82, 2.24) is 14.8 Å². The van der Waals surface area contributed by atoms with Crippen LogP contribution in [0.4, 0.5) is 18.9 Å². The van der Waals surface area contributed by atoms with Crippen LogP contribution in [0.1, 0.15) is 19.0 Å². The fourth-order valence-corrected chi connectivity index (χ4v) is 4.74. The van der Waals surface area contributed by atoms with E-state index < -0.39 is 12.1 Å². The van der Waals surface area contributed by atoms with Crippen LogP contribution in [-0.4, -0.2) is 75.6 Å². The molecular formula is C21H23F3N4O4S. The van der Waals surface area contributed by atoms with E-state index in [-0.39, 0.29) is 23.9 Å². The van der Waals surface area contributed by atoms with Gasteiger partial charge >= 0.3 is 12.1 Å². The predicted molar refractivity (Wildman–Crippen MR) is 115 cm³/mol. The lowest BCUT2D eigenvalue weighted by molar-refractivity contribution is -0.192. The normalized spacial score (nSPS) is 21.2. The Morgan fingerprint density at radius 2 is 1.97 bits per heavy atom. The number of hydrogen-bond acceptors (Lipinski definition) is 6. The number of thiophene rings is 1. The van der Waals surface area contributed by atoms with Crippen LogP contribution < -0.4 is 4.90 Å². The monoisotopic (exact) mass is 484 g/mol. The van der Waals surface area contributed by atoms with Crippen molar-refractivity contribution >= 4 is 34.8 Å². The van der Waals surface area contributed by atoms with E-state index in [2.05, 4.69) is 9.88 Å². The van der Waals surface area contributed by atoms with Gasteiger partial charge in [0.05, 0.1) is 23.5 Å². The average Bonchev–Trinajstić information content (AvgIpc) is 3.41. The van der Waals surface area contributed by atoms with Crippen LogP contribution in [0.2, 0.25) is 0 Å². The molecule has 1 unspecified atom stereocenters. The summed E-state index contributed by atoms with van der Waals surface area (Å²) < 4.78 is 31.7. The predicted octanol–water partition coefficient (Wildman–Crippen LogP) is 2.62. The summed E-state index contributed by atoms with van der Waals surface area (Å²) in [4.78, 5) is 44.2. The number of carbonyl (C=O) groups is 3. The second-order valence-corrected chi connectivity index (χ2v) is 8.66. The summed E-state index contributed by atoms with van der Waals surface area (Å²) in [6.07, 6.45) is -2.41. The molecule has 1 N–H and O–H groups in total. The van der Waals surface area contributed by atoms with Crippen molar-refractivity contribution in [2.75, 3.05) is 31.1 Å². The second kappa shape index (κ2) is 9.87. The lowest BCUT2D eigenvalue weighted by atomic mass is 9.92. The van der Waals surface area contributed by atoms with Crippen LogP contribution in [0.25, 0.3) is 0 Å². The molecule has 8 nitrogen and oxygen atoms in total. The topological polar surface area (TPSA) is 94.1 Å². The van der Waals surface area contributed by atoms with E-state index in [0.717, 1.165) is 37.4 Å². The Labute approximate surface area is 192 Å². The zero-order chi connectivity index (χ0) is 24.2. The number of pyridine rings is 1. The molecule has 2 aliphatic heterocycles. The van der Waals surface area contributed by atoms with Crippen LogP contribution in [0, 0.1) is 0 Å². The molecule has 0 bridgehead atoms. The number of likely N-dealkylation sites (tertiary alicyclic amines) is 1. The highest BCUT2D eigenvalue weighted by atomic mass is 32.1. The summed E-state index contributed by atoms with van der Waals surface area (Å²) in [7, 11) is 0. The lowest BCUT2D eigenvalue weighted by Crippen LogP contribution is -2.66. The maximum absolute atomic E-state index is 12.6. The van der Waals surface area contributed by atoms with Crippen molar-refractivity contribution < 1.29 is 32.7 Å². The zero-order valence-electron chi connectivity index (χ0n) is 17.8. The van der Waals surface area contributed by atoms with Crippen LogP contribution in [0.15, 0.2) is 41.2 Å². The molecule has 0 aliphatic carbocycles. The Balaban J connectivity index is 0.000000383. The standard InChI is InChI=1S/C19H22N4O2S.C2HF3O2/c1-15(24)23-11-18(25)22(17-5-9-26-12-17)14-19(23)6-8-21(13-19)10-16-4-2-3-7-20-16;3-2(4,5)1(6)7/h2-5,7,9,12H,6,8,10-11,13-14H2,1H3;(H,6,7). The number of carbonyl (C=O) groups excluding carboxylic acids is 2. The summed E-state index contributed by atoms with van der Waals surface area (Å²) in [5, 5.41) is 11.1. The first-order chi connectivity index (χ1) is 15.5. The summed E-state index contributed by atoms with van der Waals surface area (Å²) in [6.45, 7) is 4.70. The average molecular weight is 485 g/mol. The van der Waals surface area contributed by atoms with Gasteiger partial charge in [0.2, 0.25) is 11.8 Å². The second-order valence-electron chi connectivity index (χ2n) is 7.88. The summed E-state index contributed by atoms with van der Waals surface area (Å²) in [6, 6.07) is 7.90. The molecule has 0 aromatic carbocycles. The number of carboxylic acid groups (broad SMARTS) is 1. The molecule has 1 spiro atoms. The number of piperazine rings is 1. The minimum atomic E-state index is -5.08. The Bertz CT molecular complexity index is 987. The van der Waals surface area contributed by atoms with Crippen molar-refractivity contribution in [3.05, 3.63) is 46.9 Å². The Hall–Kier alpha value is -2.99. The number of aromatic nitrogens is 1. The van der Waals surface area contributed by atoms with Gasteiger partial charge < -0.3 is 14.9 Å². The molecular weight excluding hydrogens is 461 g/mol. The molecule has 4 rings (SSSR count). The van der Waals surface area contributed by atoms with Crippen molar-refractivity contribution in [3.8, 4) is 0 Å². The van der Waals surface area contributed by atoms with E-state index >= 15 is 0 Å². The molecule has 0 saturated carbocycles. The summed E-state index contributed by atoms with van der Waals surface area (Å²) >= 11 is 1.58. The number of alkyl halides is 3. The summed E-state index contributed by atoms with van der Waals surface area (Å²) in [5.74, 6) is -2.79. The molecule has 0 radical (unpaired) electrons. The highest BCUT2D eigenvalue weighted by Gasteiger charge is 2.50. The van der Waals surface area contributed by atoms with Crippen molar-refractivity contribution in [3.63, 3.8) is 0 Å². The Morgan fingerprint density at radius 3 is 2.52 bits per heavy atom. The number of rotatable bonds is 3. The number of carboxylic acids is 1. The van der Waals surface area contributed by atoms with Gasteiger partial charge in [0.1, 0.15) is 6.54 Å². The maximum atomic E-state index is 12.6.